The van der Waals surface area contributed by atoms with Gasteiger partial charge in [-0.3, -0.25) is 0 Å². The summed E-state index contributed by atoms with van der Waals surface area (Å²) in [5.74, 6) is 0. The predicted molar refractivity (Wildman–Crippen MR) is 48.8 cm³/mol. The molecule has 1 heterocycles. The van der Waals surface area contributed by atoms with Gasteiger partial charge < -0.3 is 5.32 Å². The van der Waals surface area contributed by atoms with E-state index in [1.807, 2.05) is 0 Å². The van der Waals surface area contributed by atoms with Crippen LogP contribution in [0.2, 0.25) is 0 Å². The fourth-order valence-electron chi connectivity index (χ4n) is 1.31. The second kappa shape index (κ2) is 2.72. The van der Waals surface area contributed by atoms with Crippen LogP contribution in [-0.4, -0.2) is 0 Å². The van der Waals surface area contributed by atoms with Gasteiger partial charge in [0.05, 0.1) is 6.04 Å². The molecule has 1 radical (unpaired) electrons. The van der Waals surface area contributed by atoms with Crippen LogP contribution >= 0.6 is 0 Å². The molecule has 0 amide bonds. The van der Waals surface area contributed by atoms with Gasteiger partial charge in [0.25, 0.3) is 0 Å². The van der Waals surface area contributed by atoms with E-state index in [9.17, 15) is 0 Å². The number of nitrogens with one attached hydrogen (secondary N) is 1. The Labute approximate surface area is 69.2 Å². The first-order valence-corrected chi connectivity index (χ1v) is 4.00. The number of hydrogen-bond donors (Lipinski definition) is 1. The highest BCUT2D eigenvalue weighted by Gasteiger charge is 2.15. The van der Waals surface area contributed by atoms with Crippen molar-refractivity contribution in [2.24, 2.45) is 0 Å². The van der Waals surface area contributed by atoms with Gasteiger partial charge in [0.2, 0.25) is 0 Å². The highest BCUT2D eigenvalue weighted by Crippen LogP contribution is 2.27. The highest BCUT2D eigenvalue weighted by molar-refractivity contribution is 5.44. The Morgan fingerprint density at radius 2 is 1.27 bits per heavy atom. The molecule has 0 atom stereocenters. The van der Waals surface area contributed by atoms with E-state index >= 15 is 0 Å². The maximum absolute atomic E-state index is 3.35. The molecule has 1 N–H and O–H groups in total. The third-order valence-electron chi connectivity index (χ3n) is 2.62. The largest absolute Gasteiger partial charge is 0.377 e. The van der Waals surface area contributed by atoms with Crippen molar-refractivity contribution in [3.63, 3.8) is 0 Å². The van der Waals surface area contributed by atoms with Gasteiger partial charge >= 0.3 is 0 Å². The Morgan fingerprint density at radius 1 is 0.727 bits per heavy atom. The summed E-state index contributed by atoms with van der Waals surface area (Å²) < 4.78 is 0. The molecule has 1 nitrogen and oxygen atoms in total. The molecule has 0 saturated heterocycles. The third kappa shape index (κ3) is 1.32. The second-order valence-corrected chi connectivity index (χ2v) is 3.25. The standard InChI is InChI=1S/C10H16N/c1-6-7(2)9(4)11-10(5)8(6)3/h11H,1-5H3. The summed E-state index contributed by atoms with van der Waals surface area (Å²) >= 11 is 0. The summed E-state index contributed by atoms with van der Waals surface area (Å²) in [5.41, 5.74) is 5.46. The summed E-state index contributed by atoms with van der Waals surface area (Å²) in [6, 6.07) is 1.28. The molecule has 0 aromatic carbocycles. The SMILES string of the molecule is C[C]1NC(C)=C(C)C(C)=C1C. The molecule has 61 valence electrons. The van der Waals surface area contributed by atoms with Crippen LogP contribution in [0.4, 0.5) is 0 Å². The molecular weight excluding hydrogens is 134 g/mol. The van der Waals surface area contributed by atoms with Gasteiger partial charge in [-0.05, 0) is 51.3 Å². The van der Waals surface area contributed by atoms with E-state index < -0.39 is 0 Å². The molecule has 1 aliphatic heterocycles. The van der Waals surface area contributed by atoms with Crippen molar-refractivity contribution in [2.45, 2.75) is 34.6 Å². The highest BCUT2D eigenvalue weighted by atomic mass is 14.9. The monoisotopic (exact) mass is 150 g/mol. The van der Waals surface area contributed by atoms with E-state index in [4.69, 9.17) is 0 Å². The topological polar surface area (TPSA) is 12.0 Å². The molecule has 0 aliphatic carbocycles. The minimum absolute atomic E-state index is 1.28. The molecule has 0 fully saturated rings. The van der Waals surface area contributed by atoms with Gasteiger partial charge in [-0.2, -0.15) is 0 Å². The Balaban J connectivity index is 3.07. The lowest BCUT2D eigenvalue weighted by atomic mass is 9.94. The average molecular weight is 150 g/mol. The lowest BCUT2D eigenvalue weighted by molar-refractivity contribution is 0.797. The smallest absolute Gasteiger partial charge is 0.0823 e. The number of dihydropyridines is 1. The van der Waals surface area contributed by atoms with Crippen molar-refractivity contribution in [3.05, 3.63) is 28.5 Å². The number of allylic oxidation sites excluding steroid dienone is 3. The molecule has 0 aromatic heterocycles. The third-order valence-corrected chi connectivity index (χ3v) is 2.62. The van der Waals surface area contributed by atoms with Crippen molar-refractivity contribution in [2.75, 3.05) is 0 Å². The van der Waals surface area contributed by atoms with Crippen LogP contribution in [-0.2, 0) is 0 Å². The molecule has 1 rings (SSSR count). The molecule has 1 heteroatoms. The lowest BCUT2D eigenvalue weighted by Gasteiger charge is -2.25. The fraction of sp³-hybridized carbons (Fsp3) is 0.500. The first-order chi connectivity index (χ1) is 5.04. The molecule has 0 bridgehead atoms. The van der Waals surface area contributed by atoms with Gasteiger partial charge in [0, 0.05) is 5.70 Å². The van der Waals surface area contributed by atoms with Gasteiger partial charge in [0.15, 0.2) is 0 Å². The van der Waals surface area contributed by atoms with Crippen LogP contribution in [0.15, 0.2) is 22.4 Å². The van der Waals surface area contributed by atoms with Crippen LogP contribution in [0.3, 0.4) is 0 Å². The van der Waals surface area contributed by atoms with E-state index in [2.05, 4.69) is 39.9 Å². The first-order valence-electron chi connectivity index (χ1n) is 4.00. The Morgan fingerprint density at radius 3 is 1.82 bits per heavy atom. The van der Waals surface area contributed by atoms with Gasteiger partial charge in [0.1, 0.15) is 0 Å². The number of hydrogen-bond acceptors (Lipinski definition) is 1. The maximum atomic E-state index is 3.35. The second-order valence-electron chi connectivity index (χ2n) is 3.25. The van der Waals surface area contributed by atoms with Crippen LogP contribution in [0.5, 0.6) is 0 Å². The average Bonchev–Trinajstić information content (AvgIpc) is 1.97. The van der Waals surface area contributed by atoms with Gasteiger partial charge in [-0.25, -0.2) is 0 Å². The van der Waals surface area contributed by atoms with E-state index in [1.165, 1.54) is 28.5 Å². The number of rotatable bonds is 0. The molecule has 0 unspecified atom stereocenters. The Kier molecular flexibility index (Phi) is 2.08. The van der Waals surface area contributed by atoms with Crippen molar-refractivity contribution in [1.82, 2.24) is 5.32 Å². The predicted octanol–water partition coefficient (Wildman–Crippen LogP) is 2.77. The van der Waals surface area contributed by atoms with Crippen molar-refractivity contribution < 1.29 is 0 Å². The summed E-state index contributed by atoms with van der Waals surface area (Å²) in [5, 5.41) is 3.35. The zero-order valence-corrected chi connectivity index (χ0v) is 8.00. The van der Waals surface area contributed by atoms with Crippen LogP contribution in [0.1, 0.15) is 34.6 Å². The summed E-state index contributed by atoms with van der Waals surface area (Å²) in [6.07, 6.45) is 0. The lowest BCUT2D eigenvalue weighted by Crippen LogP contribution is -2.23. The zero-order valence-electron chi connectivity index (χ0n) is 8.00. The Bertz CT molecular complexity index is 233. The van der Waals surface area contributed by atoms with Gasteiger partial charge in [-0.15, -0.1) is 0 Å². The quantitative estimate of drug-likeness (QED) is 0.560. The van der Waals surface area contributed by atoms with Crippen molar-refractivity contribution in [1.29, 1.82) is 0 Å². The maximum Gasteiger partial charge on any atom is 0.0823 e. The Hall–Kier alpha value is -0.720. The normalized spacial score (nSPS) is 20.8. The van der Waals surface area contributed by atoms with Crippen LogP contribution in [0.25, 0.3) is 0 Å². The van der Waals surface area contributed by atoms with Crippen molar-refractivity contribution >= 4 is 0 Å². The molecule has 0 spiro atoms. The minimum Gasteiger partial charge on any atom is -0.377 e. The fourth-order valence-corrected chi connectivity index (χ4v) is 1.31. The molecular formula is C10H16N. The van der Waals surface area contributed by atoms with Crippen LogP contribution < -0.4 is 5.32 Å². The van der Waals surface area contributed by atoms with E-state index in [-0.39, 0.29) is 0 Å². The molecule has 0 saturated carbocycles. The summed E-state index contributed by atoms with van der Waals surface area (Å²) in [6.45, 7) is 10.7. The summed E-state index contributed by atoms with van der Waals surface area (Å²) in [7, 11) is 0. The van der Waals surface area contributed by atoms with Crippen LogP contribution in [0, 0.1) is 6.04 Å². The van der Waals surface area contributed by atoms with E-state index in [0.29, 0.717) is 0 Å². The zero-order chi connectivity index (χ0) is 8.59. The van der Waals surface area contributed by atoms with Crippen molar-refractivity contribution in [3.8, 4) is 0 Å². The van der Waals surface area contributed by atoms with E-state index in [0.717, 1.165) is 0 Å². The molecule has 1 aliphatic rings. The molecule has 0 aromatic rings. The van der Waals surface area contributed by atoms with Gasteiger partial charge in [-0.1, -0.05) is 0 Å². The minimum atomic E-state index is 1.28. The summed E-state index contributed by atoms with van der Waals surface area (Å²) in [4.78, 5) is 0. The van der Waals surface area contributed by atoms with E-state index in [1.54, 1.807) is 0 Å². The first kappa shape index (κ1) is 8.38. The molecule has 11 heavy (non-hydrogen) atoms.